The van der Waals surface area contributed by atoms with Crippen LogP contribution in [0.3, 0.4) is 0 Å². The lowest BCUT2D eigenvalue weighted by atomic mass is 9.74. The van der Waals surface area contributed by atoms with E-state index >= 15 is 0 Å². The molecule has 0 aliphatic carbocycles. The van der Waals surface area contributed by atoms with E-state index in [4.69, 9.17) is 5.73 Å². The van der Waals surface area contributed by atoms with E-state index in [9.17, 15) is 4.79 Å². The number of piperidine rings is 1. The van der Waals surface area contributed by atoms with Gasteiger partial charge < -0.3 is 10.6 Å². The molecule has 0 aromatic heterocycles. The lowest BCUT2D eigenvalue weighted by Crippen LogP contribution is -2.49. The van der Waals surface area contributed by atoms with Crippen molar-refractivity contribution < 1.29 is 4.79 Å². The summed E-state index contributed by atoms with van der Waals surface area (Å²) in [6, 6.07) is 9.61. The molecule has 1 aromatic carbocycles. The molecule has 0 radical (unpaired) electrons. The van der Waals surface area contributed by atoms with E-state index in [1.807, 2.05) is 35.2 Å². The first-order chi connectivity index (χ1) is 10.1. The Morgan fingerprint density at radius 1 is 1.19 bits per heavy atom. The van der Waals surface area contributed by atoms with Gasteiger partial charge in [0.25, 0.3) is 0 Å². The summed E-state index contributed by atoms with van der Waals surface area (Å²) in [4.78, 5) is 14.5. The minimum absolute atomic E-state index is 0.111. The van der Waals surface area contributed by atoms with E-state index in [1.165, 1.54) is 12.8 Å². The molecule has 1 unspecified atom stereocenters. The maximum atomic E-state index is 12.5. The van der Waals surface area contributed by atoms with Crippen LogP contribution in [0.5, 0.6) is 0 Å². The molecule has 1 aliphatic rings. The van der Waals surface area contributed by atoms with Crippen molar-refractivity contribution >= 4 is 5.91 Å². The number of benzene rings is 1. The van der Waals surface area contributed by atoms with Crippen molar-refractivity contribution in [3.63, 3.8) is 0 Å². The summed E-state index contributed by atoms with van der Waals surface area (Å²) in [5.41, 5.74) is 7.70. The van der Waals surface area contributed by atoms with Crippen molar-refractivity contribution in [1.82, 2.24) is 4.90 Å². The fourth-order valence-corrected chi connectivity index (χ4v) is 3.35. The largest absolute Gasteiger partial charge is 0.341 e. The lowest BCUT2D eigenvalue weighted by Gasteiger charge is -2.41. The first kappa shape index (κ1) is 16.0. The average Bonchev–Trinajstić information content (AvgIpc) is 2.55. The Bertz CT molecular complexity index is 444. The Kier molecular flexibility index (Phi) is 5.40. The number of rotatable bonds is 5. The van der Waals surface area contributed by atoms with E-state index in [0.717, 1.165) is 31.5 Å². The number of carbonyl (C=O) groups excluding carboxylic acids is 1. The highest BCUT2D eigenvalue weighted by Gasteiger charge is 2.34. The van der Waals surface area contributed by atoms with E-state index in [1.54, 1.807) is 0 Å². The Labute approximate surface area is 128 Å². The molecule has 1 saturated heterocycles. The van der Waals surface area contributed by atoms with Gasteiger partial charge in [-0.05, 0) is 30.2 Å². The minimum atomic E-state index is -0.414. The van der Waals surface area contributed by atoms with Crippen LogP contribution in [0.4, 0.5) is 0 Å². The standard InChI is InChI=1S/C18H28N2O/c1-3-18(4-2)10-12-20(13-11-18)17(21)16(19)14-15-8-6-5-7-9-15/h5-9,16H,3-4,10-14,19H2,1-2H3. The van der Waals surface area contributed by atoms with Crippen LogP contribution in [0, 0.1) is 5.41 Å². The van der Waals surface area contributed by atoms with E-state index in [0.29, 0.717) is 11.8 Å². The molecule has 1 aliphatic heterocycles. The number of hydrogen-bond donors (Lipinski definition) is 1. The summed E-state index contributed by atoms with van der Waals surface area (Å²) in [6.07, 6.45) is 5.28. The third-order valence-electron chi connectivity index (χ3n) is 5.25. The summed E-state index contributed by atoms with van der Waals surface area (Å²) < 4.78 is 0. The van der Waals surface area contributed by atoms with Gasteiger partial charge in [-0.1, -0.05) is 57.0 Å². The van der Waals surface area contributed by atoms with E-state index in [2.05, 4.69) is 13.8 Å². The molecule has 0 bridgehead atoms. The zero-order valence-electron chi connectivity index (χ0n) is 13.3. The summed E-state index contributed by atoms with van der Waals surface area (Å²) in [6.45, 7) is 6.26. The van der Waals surface area contributed by atoms with Crippen LogP contribution in [0.1, 0.15) is 45.1 Å². The number of likely N-dealkylation sites (tertiary alicyclic amines) is 1. The van der Waals surface area contributed by atoms with Crippen molar-refractivity contribution in [3.05, 3.63) is 35.9 Å². The molecule has 0 spiro atoms. The molecule has 0 saturated carbocycles. The molecule has 1 fully saturated rings. The number of nitrogens with zero attached hydrogens (tertiary/aromatic N) is 1. The molecular formula is C18H28N2O. The second kappa shape index (κ2) is 7.08. The molecule has 3 heteroatoms. The summed E-state index contributed by atoms with van der Waals surface area (Å²) in [7, 11) is 0. The third-order valence-corrected chi connectivity index (χ3v) is 5.25. The van der Waals surface area contributed by atoms with Gasteiger partial charge in [0, 0.05) is 13.1 Å². The Morgan fingerprint density at radius 3 is 2.29 bits per heavy atom. The fourth-order valence-electron chi connectivity index (χ4n) is 3.35. The molecule has 1 amide bonds. The van der Waals surface area contributed by atoms with Gasteiger partial charge in [-0.2, -0.15) is 0 Å². The monoisotopic (exact) mass is 288 g/mol. The number of hydrogen-bond acceptors (Lipinski definition) is 2. The number of nitrogens with two attached hydrogens (primary N) is 1. The van der Waals surface area contributed by atoms with Crippen molar-refractivity contribution in [2.45, 2.75) is 52.0 Å². The molecular weight excluding hydrogens is 260 g/mol. The molecule has 21 heavy (non-hydrogen) atoms. The summed E-state index contributed by atoms with van der Waals surface area (Å²) in [5.74, 6) is 0.111. The van der Waals surface area contributed by atoms with Crippen LogP contribution in [0.15, 0.2) is 30.3 Å². The molecule has 116 valence electrons. The van der Waals surface area contributed by atoms with Gasteiger partial charge in [0.1, 0.15) is 0 Å². The summed E-state index contributed by atoms with van der Waals surface area (Å²) in [5, 5.41) is 0. The fraction of sp³-hybridized carbons (Fsp3) is 0.611. The van der Waals surface area contributed by atoms with Gasteiger partial charge in [0.05, 0.1) is 6.04 Å². The van der Waals surface area contributed by atoms with Crippen molar-refractivity contribution in [3.8, 4) is 0 Å². The highest BCUT2D eigenvalue weighted by atomic mass is 16.2. The molecule has 2 rings (SSSR count). The van der Waals surface area contributed by atoms with Crippen LogP contribution in [0.2, 0.25) is 0 Å². The van der Waals surface area contributed by atoms with Gasteiger partial charge in [0.15, 0.2) is 0 Å². The Hall–Kier alpha value is -1.35. The van der Waals surface area contributed by atoms with Gasteiger partial charge in [0.2, 0.25) is 5.91 Å². The molecule has 1 atom stereocenters. The maximum absolute atomic E-state index is 12.5. The number of amides is 1. The van der Waals surface area contributed by atoms with Crippen molar-refractivity contribution in [2.24, 2.45) is 11.1 Å². The number of carbonyl (C=O) groups is 1. The Morgan fingerprint density at radius 2 is 1.76 bits per heavy atom. The highest BCUT2D eigenvalue weighted by molar-refractivity contribution is 5.82. The van der Waals surface area contributed by atoms with Gasteiger partial charge in [-0.25, -0.2) is 0 Å². The predicted molar refractivity (Wildman–Crippen MR) is 87.0 cm³/mol. The quantitative estimate of drug-likeness (QED) is 0.905. The highest BCUT2D eigenvalue weighted by Crippen LogP contribution is 2.37. The van der Waals surface area contributed by atoms with Crippen LogP contribution >= 0.6 is 0 Å². The second-order valence-corrected chi connectivity index (χ2v) is 6.33. The smallest absolute Gasteiger partial charge is 0.239 e. The third kappa shape index (κ3) is 3.85. The van der Waals surface area contributed by atoms with Crippen LogP contribution in [-0.4, -0.2) is 29.9 Å². The van der Waals surface area contributed by atoms with Gasteiger partial charge in [-0.15, -0.1) is 0 Å². The van der Waals surface area contributed by atoms with Crippen molar-refractivity contribution in [2.75, 3.05) is 13.1 Å². The SMILES string of the molecule is CCC1(CC)CCN(C(=O)C(N)Cc2ccccc2)CC1. The zero-order valence-corrected chi connectivity index (χ0v) is 13.3. The first-order valence-corrected chi connectivity index (χ1v) is 8.18. The van der Waals surface area contributed by atoms with Crippen molar-refractivity contribution in [1.29, 1.82) is 0 Å². The molecule has 1 aromatic rings. The van der Waals surface area contributed by atoms with Gasteiger partial charge in [-0.3, -0.25) is 4.79 Å². The zero-order chi connectivity index (χ0) is 15.3. The maximum Gasteiger partial charge on any atom is 0.239 e. The molecule has 3 nitrogen and oxygen atoms in total. The minimum Gasteiger partial charge on any atom is -0.341 e. The predicted octanol–water partition coefficient (Wildman–Crippen LogP) is 2.99. The summed E-state index contributed by atoms with van der Waals surface area (Å²) >= 11 is 0. The molecule has 2 N–H and O–H groups in total. The van der Waals surface area contributed by atoms with Crippen LogP contribution in [0.25, 0.3) is 0 Å². The van der Waals surface area contributed by atoms with Crippen LogP contribution in [-0.2, 0) is 11.2 Å². The molecule has 1 heterocycles. The average molecular weight is 288 g/mol. The normalized spacial score (nSPS) is 19.3. The van der Waals surface area contributed by atoms with Crippen LogP contribution < -0.4 is 5.73 Å². The lowest BCUT2D eigenvalue weighted by molar-refractivity contribution is -0.135. The van der Waals surface area contributed by atoms with Gasteiger partial charge >= 0.3 is 0 Å². The van der Waals surface area contributed by atoms with E-state index in [-0.39, 0.29) is 5.91 Å². The Balaban J connectivity index is 1.89. The topological polar surface area (TPSA) is 46.3 Å². The first-order valence-electron chi connectivity index (χ1n) is 8.18. The van der Waals surface area contributed by atoms with E-state index < -0.39 is 6.04 Å². The second-order valence-electron chi connectivity index (χ2n) is 6.33.